The van der Waals surface area contributed by atoms with Gasteiger partial charge in [0.05, 0.1) is 13.0 Å². The van der Waals surface area contributed by atoms with Gasteiger partial charge < -0.3 is 69.4 Å². The number of primary amides is 3. The lowest BCUT2D eigenvalue weighted by molar-refractivity contribution is -0.142. The Balaban J connectivity index is 1.60. The summed E-state index contributed by atoms with van der Waals surface area (Å²) in [5, 5.41) is 20.7. The molecule has 0 unspecified atom stereocenters. The van der Waals surface area contributed by atoms with E-state index in [9.17, 15) is 57.5 Å². The third kappa shape index (κ3) is 21.4. The van der Waals surface area contributed by atoms with Crippen molar-refractivity contribution in [1.29, 1.82) is 0 Å². The van der Waals surface area contributed by atoms with Gasteiger partial charge in [-0.15, -0.1) is 0 Å². The number of thioether (sulfide) groups is 1. The Morgan fingerprint density at radius 3 is 2.04 bits per heavy atom. The molecule has 2 aliphatic rings. The molecule has 0 bridgehead atoms. The molecule has 0 aliphatic carbocycles. The fourth-order valence-electron chi connectivity index (χ4n) is 8.39. The van der Waals surface area contributed by atoms with E-state index in [0.717, 1.165) is 5.56 Å². The van der Waals surface area contributed by atoms with Crippen LogP contribution in [0.1, 0.15) is 89.2 Å². The lowest BCUT2D eigenvalue weighted by Gasteiger charge is -2.31. The molecule has 8 atom stereocenters. The molecule has 0 saturated carbocycles. The molecule has 0 radical (unpaired) electrons. The first-order chi connectivity index (χ1) is 36.8. The summed E-state index contributed by atoms with van der Waals surface area (Å²) in [4.78, 5) is 162. The molecular formula is C51H72N12O13S. The van der Waals surface area contributed by atoms with E-state index in [1.807, 2.05) is 6.07 Å². The van der Waals surface area contributed by atoms with Crippen molar-refractivity contribution in [2.75, 3.05) is 31.1 Å². The number of alkyl carbamates (subject to hydrolysis) is 1. The zero-order valence-electron chi connectivity index (χ0n) is 43.3. The van der Waals surface area contributed by atoms with Crippen molar-refractivity contribution >= 4 is 82.8 Å². The fraction of sp³-hybridized carbons (Fsp3) is 0.529. The fourth-order valence-corrected chi connectivity index (χ4v) is 9.32. The maximum absolute atomic E-state index is 14.6. The van der Waals surface area contributed by atoms with E-state index in [1.165, 1.54) is 16.7 Å². The molecule has 2 aromatic carbocycles. The number of nitrogens with two attached hydrogens (primary N) is 3. The van der Waals surface area contributed by atoms with Crippen LogP contribution < -0.4 is 59.7 Å². The highest BCUT2D eigenvalue weighted by molar-refractivity contribution is 7.99. The summed E-state index contributed by atoms with van der Waals surface area (Å²) >= 11 is 1.23. The van der Waals surface area contributed by atoms with Crippen LogP contribution in [-0.2, 0) is 70.5 Å². The average molecular weight is 1090 g/mol. The first-order valence-corrected chi connectivity index (χ1v) is 26.7. The first-order valence-electron chi connectivity index (χ1n) is 25.6. The number of nitrogens with one attached hydrogen (secondary N) is 8. The highest BCUT2D eigenvalue weighted by Crippen LogP contribution is 2.21. The Kier molecular flexibility index (Phi) is 25.6. The van der Waals surface area contributed by atoms with Gasteiger partial charge in [0.25, 0.3) is 0 Å². The Morgan fingerprint density at radius 1 is 0.740 bits per heavy atom. The molecule has 2 saturated heterocycles. The van der Waals surface area contributed by atoms with Gasteiger partial charge in [0.2, 0.25) is 65.0 Å². The molecule has 25 nitrogen and oxygen atoms in total. The minimum atomic E-state index is -1.74. The van der Waals surface area contributed by atoms with Gasteiger partial charge in [0, 0.05) is 38.1 Å². The highest BCUT2D eigenvalue weighted by Gasteiger charge is 2.40. The molecule has 26 heteroatoms. The van der Waals surface area contributed by atoms with E-state index in [4.69, 9.17) is 21.9 Å². The molecule has 2 fully saturated rings. The maximum Gasteiger partial charge on any atom is 0.407 e. The monoisotopic (exact) mass is 1090 g/mol. The third-order valence-electron chi connectivity index (χ3n) is 12.8. The lowest BCUT2D eigenvalue weighted by Crippen LogP contribution is -2.61. The molecule has 4 rings (SSSR count). The quantitative estimate of drug-likeness (QED) is 0.0612. The SMILES string of the molecule is CC[C@H](C)[C@@H]1NC(=O)[C@H](Cc2ccccc2)NC(=O)CCSCC[C@@H](C(=O)N2CCC[C@H]2C(=O)N[C@@H](CCCNC(=O)OCc2ccccc2)C(=O)NCC(N)=O)NC(=O)[C@H](CC(N)=O)NC(=O)[C@H](CCC(N)=O)NC1=O. The van der Waals surface area contributed by atoms with Gasteiger partial charge in [-0.1, -0.05) is 80.9 Å². The Morgan fingerprint density at radius 2 is 1.39 bits per heavy atom. The summed E-state index contributed by atoms with van der Waals surface area (Å²) in [5.74, 6) is -9.31. The smallest absolute Gasteiger partial charge is 0.407 e. The van der Waals surface area contributed by atoms with Crippen LogP contribution in [0.3, 0.4) is 0 Å². The lowest BCUT2D eigenvalue weighted by atomic mass is 9.96. The van der Waals surface area contributed by atoms with Crippen LogP contribution in [0.5, 0.6) is 0 Å². The van der Waals surface area contributed by atoms with Crippen molar-refractivity contribution < 1.29 is 62.3 Å². The van der Waals surface area contributed by atoms with Crippen LogP contribution in [0.4, 0.5) is 4.79 Å². The summed E-state index contributed by atoms with van der Waals surface area (Å²) < 4.78 is 5.23. The van der Waals surface area contributed by atoms with Gasteiger partial charge in [-0.05, 0) is 61.3 Å². The van der Waals surface area contributed by atoms with Gasteiger partial charge >= 0.3 is 6.09 Å². The van der Waals surface area contributed by atoms with Gasteiger partial charge in [-0.25, -0.2) is 4.79 Å². The second-order valence-electron chi connectivity index (χ2n) is 18.8. The number of carbonyl (C=O) groups is 12. The normalized spacial score (nSPS) is 21.7. The van der Waals surface area contributed by atoms with Gasteiger partial charge in [-0.3, -0.25) is 52.7 Å². The minimum Gasteiger partial charge on any atom is -0.445 e. The van der Waals surface area contributed by atoms with Crippen molar-refractivity contribution in [2.45, 2.75) is 133 Å². The van der Waals surface area contributed by atoms with Crippen LogP contribution in [0.25, 0.3) is 0 Å². The van der Waals surface area contributed by atoms with Crippen LogP contribution >= 0.6 is 11.8 Å². The molecule has 14 N–H and O–H groups in total. The second-order valence-corrected chi connectivity index (χ2v) is 20.0. The average Bonchev–Trinajstić information content (AvgIpc) is 3.90. The third-order valence-corrected chi connectivity index (χ3v) is 13.8. The summed E-state index contributed by atoms with van der Waals surface area (Å²) in [6.45, 7) is 3.00. The molecular weight excluding hydrogens is 1020 g/mol. The van der Waals surface area contributed by atoms with Crippen molar-refractivity contribution in [3.63, 3.8) is 0 Å². The molecule has 420 valence electrons. The summed E-state index contributed by atoms with van der Waals surface area (Å²) in [6.07, 6.45) is -1.50. The number of hydrogen-bond acceptors (Lipinski definition) is 14. The number of rotatable bonds is 21. The summed E-state index contributed by atoms with van der Waals surface area (Å²) in [7, 11) is 0. The number of nitrogens with zero attached hydrogens (tertiary/aromatic N) is 1. The predicted molar refractivity (Wildman–Crippen MR) is 281 cm³/mol. The standard InChI is InChI=1S/C51H72N12O13S/c1-3-30(2)43-49(73)59-34(18-19-39(52)64)45(69)61-37(27-40(53)65)46(70)60-35(20-24-77-25-21-42(67)57-36(47(71)62-43)26-31-12-6-4-7-13-31)50(74)63-23-11-17-38(63)48(72)58-33(44(68)56-28-41(54)66)16-10-22-55-51(75)76-29-32-14-8-5-9-15-32/h4-9,12-15,30,33-38,43H,3,10-11,16-29H2,1-2H3,(H2,52,64)(H2,53,65)(H2,54,66)(H,55,75)(H,56,68)(H,57,67)(H,58,72)(H,59,73)(H,60,70)(H,61,69)(H,62,71)/t30-,33-,34-,35-,36-,37-,38-,43-/m0/s1. The minimum absolute atomic E-state index is 0.0166. The molecule has 2 aliphatic heterocycles. The Hall–Kier alpha value is -7.77. The van der Waals surface area contributed by atoms with Crippen molar-refractivity contribution in [3.8, 4) is 0 Å². The van der Waals surface area contributed by atoms with Crippen molar-refractivity contribution in [2.24, 2.45) is 23.1 Å². The number of carbonyl (C=O) groups excluding carboxylic acids is 12. The van der Waals surface area contributed by atoms with E-state index in [2.05, 4.69) is 42.5 Å². The van der Waals surface area contributed by atoms with Gasteiger partial charge in [0.15, 0.2) is 0 Å². The second kappa shape index (κ2) is 32.0. The summed E-state index contributed by atoms with van der Waals surface area (Å²) in [6, 6.07) is 8.24. The number of benzene rings is 2. The zero-order valence-corrected chi connectivity index (χ0v) is 44.1. The molecule has 12 amide bonds. The van der Waals surface area contributed by atoms with E-state index >= 15 is 0 Å². The number of likely N-dealkylation sites (tertiary alicyclic amines) is 1. The first kappa shape index (κ1) is 61.8. The molecule has 2 aromatic rings. The maximum atomic E-state index is 14.6. The molecule has 0 aromatic heterocycles. The van der Waals surface area contributed by atoms with Gasteiger partial charge in [-0.2, -0.15) is 11.8 Å². The van der Waals surface area contributed by atoms with Crippen molar-refractivity contribution in [1.82, 2.24) is 47.4 Å². The summed E-state index contributed by atoms with van der Waals surface area (Å²) in [5.41, 5.74) is 17.7. The Bertz CT molecular complexity index is 2400. The van der Waals surface area contributed by atoms with Crippen LogP contribution in [0, 0.1) is 5.92 Å². The van der Waals surface area contributed by atoms with E-state index in [0.29, 0.717) is 18.4 Å². The topological polar surface area (TPSA) is 392 Å². The van der Waals surface area contributed by atoms with E-state index < -0.39 is 139 Å². The van der Waals surface area contributed by atoms with Gasteiger partial charge in [0.1, 0.15) is 48.9 Å². The van der Waals surface area contributed by atoms with E-state index in [-0.39, 0.29) is 76.1 Å². The molecule has 0 spiro atoms. The van der Waals surface area contributed by atoms with Crippen LogP contribution in [-0.4, -0.2) is 149 Å². The highest BCUT2D eigenvalue weighted by atomic mass is 32.2. The Labute approximate surface area is 450 Å². The van der Waals surface area contributed by atoms with Crippen LogP contribution in [0.15, 0.2) is 60.7 Å². The predicted octanol–water partition coefficient (Wildman–Crippen LogP) is -1.85. The number of amides is 12. The number of ether oxygens (including phenoxy) is 1. The zero-order chi connectivity index (χ0) is 56.4. The van der Waals surface area contributed by atoms with Crippen LogP contribution in [0.2, 0.25) is 0 Å². The van der Waals surface area contributed by atoms with E-state index in [1.54, 1.807) is 68.4 Å². The molecule has 77 heavy (non-hydrogen) atoms. The van der Waals surface area contributed by atoms with Crippen molar-refractivity contribution in [3.05, 3.63) is 71.8 Å². The number of hydrogen-bond donors (Lipinski definition) is 11. The largest absolute Gasteiger partial charge is 0.445 e. The molecule has 2 heterocycles.